The van der Waals surface area contributed by atoms with Crippen LogP contribution in [0.3, 0.4) is 0 Å². The van der Waals surface area contributed by atoms with E-state index in [-0.39, 0.29) is 33.0 Å². The first kappa shape index (κ1) is 43.3. The first-order valence-corrected chi connectivity index (χ1v) is 19.9. The lowest BCUT2D eigenvalue weighted by molar-refractivity contribution is -0.331. The topological polar surface area (TPSA) is 190 Å². The third-order valence-electron chi connectivity index (χ3n) is 10.0. The average Bonchev–Trinajstić information content (AvgIpc) is 3.83. The van der Waals surface area contributed by atoms with Crippen LogP contribution in [0.25, 0.3) is 11.2 Å². The molecule has 2 aliphatic heterocycles. The number of aromatic nitrogens is 4. The normalized spacial score (nSPS) is 24.9. The Kier molecular flexibility index (Phi) is 14.6. The number of nitrogens with one attached hydrogen (secondary N) is 1. The van der Waals surface area contributed by atoms with Crippen molar-refractivity contribution in [1.82, 2.24) is 19.5 Å². The molecule has 0 bridgehead atoms. The summed E-state index contributed by atoms with van der Waals surface area (Å²) in [5, 5.41) is 3.02. The average molecular weight is 840 g/mol. The molecule has 1 N–H and O–H groups in total. The van der Waals surface area contributed by atoms with E-state index in [9.17, 15) is 14.4 Å². The van der Waals surface area contributed by atoms with Crippen molar-refractivity contribution >= 4 is 34.9 Å². The number of carbonyl (C=O) groups is 3. The Morgan fingerprint density at radius 2 is 1.15 bits per heavy atom. The summed E-state index contributed by atoms with van der Waals surface area (Å²) in [5.41, 5.74) is 3.47. The van der Waals surface area contributed by atoms with Crippen molar-refractivity contribution in [2.45, 2.75) is 95.8 Å². The lowest BCUT2D eigenvalue weighted by Crippen LogP contribution is -2.63. The number of hydrogen-bond donors (Lipinski definition) is 1. The second-order valence-electron chi connectivity index (χ2n) is 14.5. The Labute approximate surface area is 352 Å². The summed E-state index contributed by atoms with van der Waals surface area (Å²) < 4.78 is 58.7. The van der Waals surface area contributed by atoms with Gasteiger partial charge in [-0.25, -0.2) is 15.0 Å². The fourth-order valence-corrected chi connectivity index (χ4v) is 7.38. The number of benzene rings is 3. The molecule has 0 amide bonds. The highest BCUT2D eigenvalue weighted by molar-refractivity contribution is 5.82. The van der Waals surface area contributed by atoms with Crippen LogP contribution < -0.4 is 5.32 Å². The van der Waals surface area contributed by atoms with E-state index < -0.39 is 73.2 Å². The molecule has 0 radical (unpaired) electrons. The van der Waals surface area contributed by atoms with Gasteiger partial charge >= 0.3 is 17.9 Å². The second kappa shape index (κ2) is 20.6. The van der Waals surface area contributed by atoms with Gasteiger partial charge in [0.1, 0.15) is 36.3 Å². The summed E-state index contributed by atoms with van der Waals surface area (Å²) in [7, 11) is 1.72. The van der Waals surface area contributed by atoms with Gasteiger partial charge in [-0.1, -0.05) is 91.0 Å². The number of fused-ring (bicyclic) bond motifs is 1. The molecule has 2 fully saturated rings. The van der Waals surface area contributed by atoms with Crippen molar-refractivity contribution in [3.05, 3.63) is 120 Å². The molecule has 17 nitrogen and oxygen atoms in total. The van der Waals surface area contributed by atoms with Gasteiger partial charge < -0.3 is 47.9 Å². The van der Waals surface area contributed by atoms with Crippen molar-refractivity contribution in [3.63, 3.8) is 0 Å². The Balaban J connectivity index is 1.26. The van der Waals surface area contributed by atoms with E-state index in [1.54, 1.807) is 11.6 Å². The lowest BCUT2D eigenvalue weighted by Gasteiger charge is -2.45. The zero-order valence-electron chi connectivity index (χ0n) is 34.2. The predicted octanol–water partition coefficient (Wildman–Crippen LogP) is 4.69. The molecule has 9 atom stereocenters. The minimum atomic E-state index is -1.36. The number of hydrogen-bond acceptors (Lipinski definition) is 16. The number of imidazole rings is 1. The van der Waals surface area contributed by atoms with E-state index in [4.69, 9.17) is 42.6 Å². The van der Waals surface area contributed by atoms with Crippen LogP contribution in [0.4, 0.5) is 5.82 Å². The first-order chi connectivity index (χ1) is 29.7. The van der Waals surface area contributed by atoms with Gasteiger partial charge in [0.15, 0.2) is 42.3 Å². The smallest absolute Gasteiger partial charge is 0.303 e. The molecule has 61 heavy (non-hydrogen) atoms. The van der Waals surface area contributed by atoms with E-state index in [1.807, 2.05) is 91.0 Å². The Morgan fingerprint density at radius 1 is 0.623 bits per heavy atom. The molecule has 0 spiro atoms. The molecule has 17 heteroatoms. The fourth-order valence-electron chi connectivity index (χ4n) is 7.38. The van der Waals surface area contributed by atoms with E-state index in [2.05, 4.69) is 20.3 Å². The monoisotopic (exact) mass is 839 g/mol. The van der Waals surface area contributed by atoms with E-state index in [0.29, 0.717) is 17.0 Å². The minimum absolute atomic E-state index is 0.0213. The third kappa shape index (κ3) is 10.9. The van der Waals surface area contributed by atoms with Gasteiger partial charge in [-0.2, -0.15) is 0 Å². The summed E-state index contributed by atoms with van der Waals surface area (Å²) >= 11 is 0. The molecule has 2 saturated heterocycles. The number of carbonyl (C=O) groups excluding carboxylic acids is 3. The number of nitrogens with zero attached hydrogens (tertiary/aromatic N) is 4. The van der Waals surface area contributed by atoms with Gasteiger partial charge in [-0.15, -0.1) is 0 Å². The van der Waals surface area contributed by atoms with Crippen LogP contribution in [0.15, 0.2) is 104 Å². The molecule has 2 aliphatic rings. The van der Waals surface area contributed by atoms with Crippen molar-refractivity contribution in [2.75, 3.05) is 25.6 Å². The van der Waals surface area contributed by atoms with Gasteiger partial charge in [0, 0.05) is 27.8 Å². The van der Waals surface area contributed by atoms with Crippen LogP contribution in [0.1, 0.15) is 43.7 Å². The zero-order chi connectivity index (χ0) is 42.7. The number of ether oxygens (including phenoxy) is 9. The van der Waals surface area contributed by atoms with Crippen molar-refractivity contribution < 1.29 is 57.0 Å². The maximum Gasteiger partial charge on any atom is 0.303 e. The number of esters is 3. The molecular formula is C44H49N5O12. The van der Waals surface area contributed by atoms with Gasteiger partial charge in [0.05, 0.1) is 39.4 Å². The molecule has 2 aromatic heterocycles. The van der Waals surface area contributed by atoms with Crippen molar-refractivity contribution in [1.29, 1.82) is 0 Å². The van der Waals surface area contributed by atoms with Gasteiger partial charge in [0.25, 0.3) is 0 Å². The summed E-state index contributed by atoms with van der Waals surface area (Å²) in [5.74, 6) is -1.44. The third-order valence-corrected chi connectivity index (χ3v) is 10.0. The lowest BCUT2D eigenvalue weighted by atomic mass is 9.97. The summed E-state index contributed by atoms with van der Waals surface area (Å²) in [6.07, 6.45) is -7.29. The Hall–Kier alpha value is -5.82. The molecule has 0 unspecified atom stereocenters. The molecule has 0 saturated carbocycles. The first-order valence-electron chi connectivity index (χ1n) is 19.9. The van der Waals surface area contributed by atoms with Gasteiger partial charge in [0.2, 0.25) is 0 Å². The highest BCUT2D eigenvalue weighted by atomic mass is 16.8. The van der Waals surface area contributed by atoms with E-state index in [1.165, 1.54) is 33.4 Å². The van der Waals surface area contributed by atoms with Gasteiger partial charge in [-0.3, -0.25) is 19.0 Å². The van der Waals surface area contributed by atoms with Crippen molar-refractivity contribution in [3.8, 4) is 0 Å². The van der Waals surface area contributed by atoms with Gasteiger partial charge in [-0.05, 0) is 16.7 Å². The molecule has 5 aromatic rings. The molecule has 3 aromatic carbocycles. The standard InChI is InChI=1S/C44H49N5O12/c1-27(50)56-36-34(24-54-21-31-16-10-6-11-17-31)60-44(40(38(36)57-28(2)51)55-22-32-18-12-7-13-19-32)61-37-33(23-53-20-30-14-8-5-9-15-30)59-43(39(37)58-29(3)52)49-26-48-35-41(45-4)46-25-47-42(35)49/h5-19,25-26,33-34,36-40,43-44H,20-24H2,1-4H3,(H,45,46,47)/t33-,34-,36-,37-,38+,39-,40-,43-,44-/m1/s1. The largest absolute Gasteiger partial charge is 0.456 e. The summed E-state index contributed by atoms with van der Waals surface area (Å²) in [6.45, 7) is 4.13. The summed E-state index contributed by atoms with van der Waals surface area (Å²) in [6, 6.07) is 28.4. The van der Waals surface area contributed by atoms with Crippen LogP contribution in [-0.4, -0.2) is 107 Å². The highest BCUT2D eigenvalue weighted by Gasteiger charge is 2.56. The summed E-state index contributed by atoms with van der Waals surface area (Å²) in [4.78, 5) is 51.8. The quantitative estimate of drug-likeness (QED) is 0.0944. The van der Waals surface area contributed by atoms with Crippen LogP contribution >= 0.6 is 0 Å². The Bertz CT molecular complexity index is 2200. The molecule has 7 rings (SSSR count). The maximum absolute atomic E-state index is 12.9. The molecule has 322 valence electrons. The van der Waals surface area contributed by atoms with E-state index >= 15 is 0 Å². The van der Waals surface area contributed by atoms with E-state index in [0.717, 1.165) is 16.7 Å². The minimum Gasteiger partial charge on any atom is -0.456 e. The van der Waals surface area contributed by atoms with Crippen LogP contribution in [0, 0.1) is 0 Å². The van der Waals surface area contributed by atoms with Crippen LogP contribution in [-0.2, 0) is 76.8 Å². The molecule has 0 aliphatic carbocycles. The van der Waals surface area contributed by atoms with Crippen LogP contribution in [0.5, 0.6) is 0 Å². The SMILES string of the molecule is CNc1ncnc2c1ncn2[C@@H]1O[C@H](COCc2ccccc2)[C@@H](O[C@H]2O[C@H](COCc3ccccc3)[C@@H](OC(C)=O)[C@H](OC(C)=O)[C@H]2OCc2ccccc2)[C@H]1OC(C)=O. The second-order valence-corrected chi connectivity index (χ2v) is 14.5. The number of anilines is 1. The Morgan fingerprint density at radius 3 is 1.70 bits per heavy atom. The molecule has 4 heterocycles. The zero-order valence-corrected chi connectivity index (χ0v) is 34.2. The van der Waals surface area contributed by atoms with Crippen molar-refractivity contribution in [2.24, 2.45) is 0 Å². The van der Waals surface area contributed by atoms with Crippen LogP contribution in [0.2, 0.25) is 0 Å². The number of rotatable bonds is 18. The highest BCUT2D eigenvalue weighted by Crippen LogP contribution is 2.39. The predicted molar refractivity (Wildman–Crippen MR) is 216 cm³/mol. The fraction of sp³-hybridized carbons (Fsp3) is 0.409. The molecular weight excluding hydrogens is 791 g/mol. The maximum atomic E-state index is 12.9.